The van der Waals surface area contributed by atoms with Crippen LogP contribution in [0.2, 0.25) is 0 Å². The zero-order valence-electron chi connectivity index (χ0n) is 10.4. The summed E-state index contributed by atoms with van der Waals surface area (Å²) in [7, 11) is 4.21. The molecule has 0 bridgehead atoms. The number of hydrogen-bond donors (Lipinski definition) is 2. The Morgan fingerprint density at radius 2 is 2.07 bits per heavy atom. The van der Waals surface area contributed by atoms with Crippen molar-refractivity contribution in [1.29, 1.82) is 0 Å². The molecular formula is C11H25N2O2+. The summed E-state index contributed by atoms with van der Waals surface area (Å²) in [4.78, 5) is 10.6. The van der Waals surface area contributed by atoms with Gasteiger partial charge in [-0.2, -0.15) is 0 Å². The van der Waals surface area contributed by atoms with Crippen molar-refractivity contribution in [3.05, 3.63) is 0 Å². The van der Waals surface area contributed by atoms with Gasteiger partial charge in [0.05, 0.1) is 20.6 Å². The second kappa shape index (κ2) is 6.80. The van der Waals surface area contributed by atoms with Gasteiger partial charge in [0.2, 0.25) is 5.91 Å². The zero-order chi connectivity index (χ0) is 11.9. The van der Waals surface area contributed by atoms with Gasteiger partial charge in [0.15, 0.2) is 0 Å². The lowest BCUT2D eigenvalue weighted by atomic mass is 10.2. The van der Waals surface area contributed by atoms with Crippen LogP contribution in [0.5, 0.6) is 0 Å². The summed E-state index contributed by atoms with van der Waals surface area (Å²) in [5.74, 6) is 0.0221. The monoisotopic (exact) mass is 217 g/mol. The molecular weight excluding hydrogens is 192 g/mol. The van der Waals surface area contributed by atoms with E-state index in [9.17, 15) is 9.90 Å². The van der Waals surface area contributed by atoms with Gasteiger partial charge in [0, 0.05) is 19.9 Å². The summed E-state index contributed by atoms with van der Waals surface area (Å²) in [5.41, 5.74) is 0. The minimum absolute atomic E-state index is 0.0221. The lowest BCUT2D eigenvalue weighted by molar-refractivity contribution is -0.893. The van der Waals surface area contributed by atoms with E-state index >= 15 is 0 Å². The molecule has 1 unspecified atom stereocenters. The molecule has 15 heavy (non-hydrogen) atoms. The van der Waals surface area contributed by atoms with Crippen molar-refractivity contribution in [3.63, 3.8) is 0 Å². The van der Waals surface area contributed by atoms with Crippen LogP contribution in [0.3, 0.4) is 0 Å². The molecule has 90 valence electrons. The van der Waals surface area contributed by atoms with E-state index in [4.69, 9.17) is 0 Å². The van der Waals surface area contributed by atoms with Crippen LogP contribution in [-0.2, 0) is 4.79 Å². The number of amides is 1. The molecule has 2 N–H and O–H groups in total. The number of aliphatic hydroxyl groups excluding tert-OH is 1. The third-order valence-electron chi connectivity index (χ3n) is 2.49. The maximum absolute atomic E-state index is 10.6. The molecule has 0 fully saturated rings. The highest BCUT2D eigenvalue weighted by atomic mass is 16.3. The molecule has 0 aromatic heterocycles. The second-order valence-corrected chi connectivity index (χ2v) is 4.74. The molecule has 4 heteroatoms. The average Bonchev–Trinajstić information content (AvgIpc) is 2.11. The van der Waals surface area contributed by atoms with E-state index in [1.165, 1.54) is 6.92 Å². The maximum atomic E-state index is 10.6. The van der Waals surface area contributed by atoms with Gasteiger partial charge in [-0.05, 0) is 6.42 Å². The van der Waals surface area contributed by atoms with Crippen molar-refractivity contribution in [2.45, 2.75) is 32.8 Å². The Bertz CT molecular complexity index is 193. The first-order valence-electron chi connectivity index (χ1n) is 5.62. The molecule has 0 aliphatic rings. The number of carbonyl (C=O) groups excluding carboxylic acids is 1. The van der Waals surface area contributed by atoms with E-state index in [1.807, 2.05) is 6.92 Å². The second-order valence-electron chi connectivity index (χ2n) is 4.74. The fourth-order valence-electron chi connectivity index (χ4n) is 1.56. The van der Waals surface area contributed by atoms with Crippen LogP contribution in [-0.4, -0.2) is 55.3 Å². The summed E-state index contributed by atoms with van der Waals surface area (Å²) in [6, 6.07) is 0. The molecule has 0 heterocycles. The van der Waals surface area contributed by atoms with Gasteiger partial charge in [0.1, 0.15) is 12.6 Å². The van der Waals surface area contributed by atoms with Gasteiger partial charge in [-0.3, -0.25) is 4.79 Å². The van der Waals surface area contributed by atoms with Crippen molar-refractivity contribution in [2.75, 3.05) is 33.7 Å². The van der Waals surface area contributed by atoms with Crippen LogP contribution in [0.25, 0.3) is 0 Å². The molecule has 4 nitrogen and oxygen atoms in total. The van der Waals surface area contributed by atoms with Gasteiger partial charge in [0.25, 0.3) is 0 Å². The summed E-state index contributed by atoms with van der Waals surface area (Å²) in [5, 5.41) is 12.3. The van der Waals surface area contributed by atoms with E-state index in [2.05, 4.69) is 19.4 Å². The van der Waals surface area contributed by atoms with Crippen molar-refractivity contribution in [3.8, 4) is 0 Å². The molecule has 0 aromatic rings. The summed E-state index contributed by atoms with van der Waals surface area (Å²) >= 11 is 0. The Morgan fingerprint density at radius 1 is 1.47 bits per heavy atom. The summed E-state index contributed by atoms with van der Waals surface area (Å²) in [6.07, 6.45) is 1.52. The van der Waals surface area contributed by atoms with E-state index < -0.39 is 0 Å². The minimum Gasteiger partial charge on any atom is -0.387 e. The van der Waals surface area contributed by atoms with Crippen molar-refractivity contribution < 1.29 is 14.4 Å². The Morgan fingerprint density at radius 3 is 2.53 bits per heavy atom. The quantitative estimate of drug-likeness (QED) is 0.478. The first-order valence-corrected chi connectivity index (χ1v) is 5.62. The number of aliphatic hydroxyl groups is 1. The van der Waals surface area contributed by atoms with Gasteiger partial charge in [-0.15, -0.1) is 0 Å². The number of nitrogens with one attached hydrogen (secondary N) is 1. The molecule has 0 saturated heterocycles. The fraction of sp³-hybridized carbons (Fsp3) is 0.909. The Labute approximate surface area is 92.9 Å². The summed E-state index contributed by atoms with van der Waals surface area (Å²) < 4.78 is 0.800. The van der Waals surface area contributed by atoms with E-state index in [-0.39, 0.29) is 12.0 Å². The van der Waals surface area contributed by atoms with Crippen LogP contribution < -0.4 is 5.32 Å². The Balaban J connectivity index is 3.68. The van der Waals surface area contributed by atoms with Crippen molar-refractivity contribution in [1.82, 2.24) is 5.32 Å². The maximum Gasteiger partial charge on any atom is 0.216 e. The number of rotatable bonds is 7. The van der Waals surface area contributed by atoms with Crippen LogP contribution in [0.4, 0.5) is 0 Å². The van der Waals surface area contributed by atoms with Gasteiger partial charge < -0.3 is 14.9 Å². The topological polar surface area (TPSA) is 49.3 Å². The number of quaternary nitrogens is 1. The normalized spacial score (nSPS) is 13.7. The molecule has 0 saturated carbocycles. The van der Waals surface area contributed by atoms with E-state index in [1.54, 1.807) is 0 Å². The fourth-order valence-corrected chi connectivity index (χ4v) is 1.56. The Kier molecular flexibility index (Phi) is 6.52. The molecule has 0 radical (unpaired) electrons. The molecule has 1 amide bonds. The predicted molar refractivity (Wildman–Crippen MR) is 61.4 cm³/mol. The third kappa shape index (κ3) is 8.39. The van der Waals surface area contributed by atoms with Crippen LogP contribution >= 0.6 is 0 Å². The molecule has 0 spiro atoms. The zero-order valence-corrected chi connectivity index (χ0v) is 10.4. The van der Waals surface area contributed by atoms with Crippen molar-refractivity contribution >= 4 is 5.91 Å². The highest BCUT2D eigenvalue weighted by Gasteiger charge is 2.18. The van der Waals surface area contributed by atoms with Crippen LogP contribution in [0.1, 0.15) is 26.7 Å². The largest absolute Gasteiger partial charge is 0.387 e. The predicted octanol–water partition coefficient (Wildman–Crippen LogP) is 0.360. The summed E-state index contributed by atoms with van der Waals surface area (Å²) in [6.45, 7) is 5.98. The van der Waals surface area contributed by atoms with Crippen LogP contribution in [0.15, 0.2) is 0 Å². The molecule has 0 aliphatic heterocycles. The minimum atomic E-state index is -0.222. The van der Waals surface area contributed by atoms with E-state index in [0.717, 1.165) is 37.0 Å². The Hall–Kier alpha value is -0.610. The number of nitrogens with zero attached hydrogens (tertiary/aromatic N) is 1. The lowest BCUT2D eigenvalue weighted by Gasteiger charge is -2.31. The SMILES string of the molecule is CCC(O)C[N+](C)(C)CCCNC(C)=O. The standard InChI is InChI=1S/C11H24N2O2/c1-5-11(15)9-13(3,4)8-6-7-12-10(2)14/h11,15H,5-9H2,1-4H3/p+1. The smallest absolute Gasteiger partial charge is 0.216 e. The molecule has 1 atom stereocenters. The highest BCUT2D eigenvalue weighted by molar-refractivity contribution is 5.72. The van der Waals surface area contributed by atoms with Gasteiger partial charge in [-0.1, -0.05) is 6.92 Å². The highest BCUT2D eigenvalue weighted by Crippen LogP contribution is 2.03. The number of likely N-dealkylation sites (N-methyl/N-ethyl adjacent to an activating group) is 1. The van der Waals surface area contributed by atoms with E-state index in [0.29, 0.717) is 0 Å². The first kappa shape index (κ1) is 14.4. The average molecular weight is 217 g/mol. The molecule has 0 aliphatic carbocycles. The number of carbonyl (C=O) groups is 1. The molecule has 0 rings (SSSR count). The van der Waals surface area contributed by atoms with Crippen molar-refractivity contribution in [2.24, 2.45) is 0 Å². The van der Waals surface area contributed by atoms with Gasteiger partial charge in [-0.25, -0.2) is 0 Å². The lowest BCUT2D eigenvalue weighted by Crippen LogP contribution is -2.46. The van der Waals surface area contributed by atoms with Gasteiger partial charge >= 0.3 is 0 Å². The number of hydrogen-bond acceptors (Lipinski definition) is 2. The molecule has 0 aromatic carbocycles. The third-order valence-corrected chi connectivity index (χ3v) is 2.49. The first-order chi connectivity index (χ1) is 6.87. The van der Waals surface area contributed by atoms with Crippen LogP contribution in [0, 0.1) is 0 Å².